The van der Waals surface area contributed by atoms with Crippen LogP contribution in [0.25, 0.3) is 0 Å². The van der Waals surface area contributed by atoms with Crippen molar-refractivity contribution < 1.29 is 23.5 Å². The topological polar surface area (TPSA) is 75.7 Å². The summed E-state index contributed by atoms with van der Waals surface area (Å²) in [6.45, 7) is 0.306. The first-order valence-corrected chi connectivity index (χ1v) is 9.49. The largest absolute Gasteiger partial charge is 0.455 e. The number of carbonyl (C=O) groups is 3. The Morgan fingerprint density at radius 1 is 1.17 bits per heavy atom. The SMILES string of the molecule is O=C(COC(=O)[C@H]1CC(=O)N(Cc2ccccc2Cl)C1)NCc1ccc(F)cc1. The van der Waals surface area contributed by atoms with E-state index in [-0.39, 0.29) is 31.2 Å². The van der Waals surface area contributed by atoms with E-state index in [1.807, 2.05) is 12.1 Å². The number of ether oxygens (including phenoxy) is 1. The molecule has 0 aliphatic carbocycles. The predicted molar refractivity (Wildman–Crippen MR) is 104 cm³/mol. The molecule has 0 aromatic heterocycles. The normalized spacial score (nSPS) is 16.0. The Balaban J connectivity index is 1.43. The highest BCUT2D eigenvalue weighted by Gasteiger charge is 2.35. The molecule has 1 heterocycles. The quantitative estimate of drug-likeness (QED) is 0.701. The zero-order valence-electron chi connectivity index (χ0n) is 15.6. The van der Waals surface area contributed by atoms with Gasteiger partial charge in [0.1, 0.15) is 5.82 Å². The van der Waals surface area contributed by atoms with Gasteiger partial charge in [0.25, 0.3) is 5.91 Å². The first kappa shape index (κ1) is 20.8. The Bertz CT molecular complexity index is 904. The Hall–Kier alpha value is -2.93. The summed E-state index contributed by atoms with van der Waals surface area (Å²) in [6.07, 6.45) is 0.0421. The van der Waals surface area contributed by atoms with Gasteiger partial charge in [0, 0.05) is 31.1 Å². The molecule has 0 saturated carbocycles. The maximum Gasteiger partial charge on any atom is 0.311 e. The second-order valence-electron chi connectivity index (χ2n) is 6.78. The summed E-state index contributed by atoms with van der Waals surface area (Å²) < 4.78 is 17.9. The van der Waals surface area contributed by atoms with Gasteiger partial charge in [-0.2, -0.15) is 0 Å². The van der Waals surface area contributed by atoms with Crippen molar-refractivity contribution in [3.05, 3.63) is 70.5 Å². The number of amides is 2. The van der Waals surface area contributed by atoms with Crippen LogP contribution >= 0.6 is 11.6 Å². The highest BCUT2D eigenvalue weighted by Crippen LogP contribution is 2.24. The van der Waals surface area contributed by atoms with Crippen LogP contribution in [0.1, 0.15) is 17.5 Å². The summed E-state index contributed by atoms with van der Waals surface area (Å²) in [7, 11) is 0. The molecule has 0 unspecified atom stereocenters. The smallest absolute Gasteiger partial charge is 0.311 e. The zero-order valence-corrected chi connectivity index (χ0v) is 16.3. The van der Waals surface area contributed by atoms with E-state index < -0.39 is 24.4 Å². The second-order valence-corrected chi connectivity index (χ2v) is 7.18. The van der Waals surface area contributed by atoms with Gasteiger partial charge >= 0.3 is 5.97 Å². The van der Waals surface area contributed by atoms with Crippen LogP contribution < -0.4 is 5.32 Å². The standard InChI is InChI=1S/C21H20ClFN2O4/c22-18-4-2-1-3-15(18)11-25-12-16(9-20(25)27)21(28)29-13-19(26)24-10-14-5-7-17(23)8-6-14/h1-8,16H,9-13H2,(H,24,26)/t16-/m0/s1. The third-order valence-electron chi connectivity index (χ3n) is 4.62. The molecule has 2 aromatic rings. The van der Waals surface area contributed by atoms with Gasteiger partial charge in [-0.1, -0.05) is 41.9 Å². The lowest BCUT2D eigenvalue weighted by molar-refractivity contribution is -0.152. The van der Waals surface area contributed by atoms with Crippen molar-refractivity contribution in [1.82, 2.24) is 10.2 Å². The summed E-state index contributed by atoms with van der Waals surface area (Å²) >= 11 is 6.12. The van der Waals surface area contributed by atoms with Crippen LogP contribution in [-0.2, 0) is 32.2 Å². The number of nitrogens with one attached hydrogen (secondary N) is 1. The third-order valence-corrected chi connectivity index (χ3v) is 4.98. The summed E-state index contributed by atoms with van der Waals surface area (Å²) in [5.74, 6) is -2.19. The van der Waals surface area contributed by atoms with Gasteiger partial charge in [-0.25, -0.2) is 4.39 Å². The van der Waals surface area contributed by atoms with Gasteiger partial charge in [0.15, 0.2) is 6.61 Å². The van der Waals surface area contributed by atoms with E-state index in [1.165, 1.54) is 12.1 Å². The van der Waals surface area contributed by atoms with Crippen LogP contribution in [0, 0.1) is 11.7 Å². The van der Waals surface area contributed by atoms with E-state index in [9.17, 15) is 18.8 Å². The molecule has 1 aliphatic rings. The van der Waals surface area contributed by atoms with Crippen molar-refractivity contribution in [3.63, 3.8) is 0 Å². The zero-order chi connectivity index (χ0) is 20.8. The molecular formula is C21H20ClFN2O4. The highest BCUT2D eigenvalue weighted by molar-refractivity contribution is 6.31. The fourth-order valence-electron chi connectivity index (χ4n) is 3.02. The molecule has 8 heteroatoms. The minimum atomic E-state index is -0.616. The fraction of sp³-hybridized carbons (Fsp3) is 0.286. The molecule has 1 aliphatic heterocycles. The van der Waals surface area contributed by atoms with Crippen LogP contribution in [0.3, 0.4) is 0 Å². The number of halogens is 2. The van der Waals surface area contributed by atoms with Gasteiger partial charge in [-0.15, -0.1) is 0 Å². The number of likely N-dealkylation sites (tertiary alicyclic amines) is 1. The molecule has 6 nitrogen and oxygen atoms in total. The van der Waals surface area contributed by atoms with Gasteiger partial charge in [-0.3, -0.25) is 14.4 Å². The molecule has 1 atom stereocenters. The van der Waals surface area contributed by atoms with Crippen molar-refractivity contribution in [2.24, 2.45) is 5.92 Å². The maximum atomic E-state index is 12.9. The maximum absolute atomic E-state index is 12.9. The number of esters is 1. The summed E-state index contributed by atoms with van der Waals surface area (Å²) in [4.78, 5) is 37.8. The van der Waals surface area contributed by atoms with Crippen molar-refractivity contribution in [2.45, 2.75) is 19.5 Å². The summed E-state index contributed by atoms with van der Waals surface area (Å²) in [6, 6.07) is 12.9. The van der Waals surface area contributed by atoms with Crippen LogP contribution in [-0.4, -0.2) is 35.8 Å². The minimum Gasteiger partial charge on any atom is -0.455 e. The summed E-state index contributed by atoms with van der Waals surface area (Å²) in [5, 5.41) is 3.15. The highest BCUT2D eigenvalue weighted by atomic mass is 35.5. The molecule has 2 aromatic carbocycles. The molecule has 0 spiro atoms. The lowest BCUT2D eigenvalue weighted by Crippen LogP contribution is -2.31. The fourth-order valence-corrected chi connectivity index (χ4v) is 3.22. The number of hydrogen-bond donors (Lipinski definition) is 1. The molecule has 1 saturated heterocycles. The molecular weight excluding hydrogens is 399 g/mol. The van der Waals surface area contributed by atoms with Crippen LogP contribution in [0.5, 0.6) is 0 Å². The molecule has 1 fully saturated rings. The number of hydrogen-bond acceptors (Lipinski definition) is 4. The number of rotatable bonds is 7. The molecule has 1 N–H and O–H groups in total. The molecule has 29 heavy (non-hydrogen) atoms. The van der Waals surface area contributed by atoms with E-state index >= 15 is 0 Å². The van der Waals surface area contributed by atoms with Gasteiger partial charge in [0.2, 0.25) is 5.91 Å². The van der Waals surface area contributed by atoms with Crippen molar-refractivity contribution in [3.8, 4) is 0 Å². The van der Waals surface area contributed by atoms with Gasteiger partial charge in [-0.05, 0) is 29.3 Å². The van der Waals surface area contributed by atoms with Crippen LogP contribution in [0.4, 0.5) is 4.39 Å². The van der Waals surface area contributed by atoms with E-state index in [0.29, 0.717) is 11.6 Å². The Kier molecular flexibility index (Phi) is 6.82. The molecule has 0 bridgehead atoms. The van der Waals surface area contributed by atoms with E-state index in [1.54, 1.807) is 29.2 Å². The van der Waals surface area contributed by atoms with Crippen molar-refractivity contribution in [1.29, 1.82) is 0 Å². The second kappa shape index (κ2) is 9.52. The van der Waals surface area contributed by atoms with Gasteiger partial charge < -0.3 is 15.0 Å². The molecule has 0 radical (unpaired) electrons. The monoisotopic (exact) mass is 418 g/mol. The number of carbonyl (C=O) groups excluding carboxylic acids is 3. The van der Waals surface area contributed by atoms with Crippen LogP contribution in [0.2, 0.25) is 5.02 Å². The number of nitrogens with zero attached hydrogens (tertiary/aromatic N) is 1. The van der Waals surface area contributed by atoms with Crippen molar-refractivity contribution in [2.75, 3.05) is 13.2 Å². The average molecular weight is 419 g/mol. The lowest BCUT2D eigenvalue weighted by Gasteiger charge is -2.17. The summed E-state index contributed by atoms with van der Waals surface area (Å²) in [5.41, 5.74) is 1.53. The Morgan fingerprint density at radius 3 is 2.62 bits per heavy atom. The minimum absolute atomic E-state index is 0.0421. The first-order valence-electron chi connectivity index (χ1n) is 9.11. The third kappa shape index (κ3) is 5.77. The van der Waals surface area contributed by atoms with E-state index in [4.69, 9.17) is 16.3 Å². The Labute approximate surface area is 172 Å². The predicted octanol–water partition coefficient (Wildman–Crippen LogP) is 2.69. The van der Waals surface area contributed by atoms with Crippen molar-refractivity contribution >= 4 is 29.4 Å². The van der Waals surface area contributed by atoms with E-state index in [2.05, 4.69) is 5.32 Å². The average Bonchev–Trinajstić information content (AvgIpc) is 3.08. The van der Waals surface area contributed by atoms with Gasteiger partial charge in [0.05, 0.1) is 5.92 Å². The Morgan fingerprint density at radius 2 is 1.90 bits per heavy atom. The molecule has 2 amide bonds. The molecule has 3 rings (SSSR count). The van der Waals surface area contributed by atoms with Crippen LogP contribution in [0.15, 0.2) is 48.5 Å². The lowest BCUT2D eigenvalue weighted by atomic mass is 10.1. The van der Waals surface area contributed by atoms with E-state index in [0.717, 1.165) is 11.1 Å². The molecule has 152 valence electrons. The first-order chi connectivity index (χ1) is 13.9. The number of benzene rings is 2.